The molecule has 0 aliphatic carbocycles. The minimum atomic E-state index is -0.473. The predicted octanol–water partition coefficient (Wildman–Crippen LogP) is 2.56. The van der Waals surface area contributed by atoms with E-state index in [1.165, 1.54) is 0 Å². The first-order valence-corrected chi connectivity index (χ1v) is 9.53. The van der Waals surface area contributed by atoms with Crippen LogP contribution >= 0.6 is 15.9 Å². The Labute approximate surface area is 164 Å². The smallest absolute Gasteiger partial charge is 0.250 e. The van der Waals surface area contributed by atoms with Gasteiger partial charge in [0.05, 0.1) is 36.7 Å². The number of aromatic nitrogens is 1. The van der Waals surface area contributed by atoms with Gasteiger partial charge in [-0.15, -0.1) is 0 Å². The van der Waals surface area contributed by atoms with Crippen molar-refractivity contribution in [2.75, 3.05) is 36.5 Å². The summed E-state index contributed by atoms with van der Waals surface area (Å²) in [7, 11) is 0. The quantitative estimate of drug-likeness (QED) is 0.630. The fourth-order valence-electron chi connectivity index (χ4n) is 3.19. The van der Waals surface area contributed by atoms with Gasteiger partial charge >= 0.3 is 0 Å². The summed E-state index contributed by atoms with van der Waals surface area (Å²) < 4.78 is 6.26. The third-order valence-electron chi connectivity index (χ3n) is 4.68. The molecule has 0 saturated carbocycles. The first kappa shape index (κ1) is 17.9. The van der Waals surface area contributed by atoms with Crippen LogP contribution in [-0.4, -0.2) is 31.3 Å². The molecule has 1 saturated heterocycles. The lowest BCUT2D eigenvalue weighted by molar-refractivity contribution is 0.122. The number of nitrogens with one attached hydrogen (secondary N) is 1. The Morgan fingerprint density at radius 3 is 2.44 bits per heavy atom. The van der Waals surface area contributed by atoms with Crippen LogP contribution < -0.4 is 21.1 Å². The van der Waals surface area contributed by atoms with Crippen molar-refractivity contribution in [3.05, 3.63) is 73.2 Å². The van der Waals surface area contributed by atoms with Crippen molar-refractivity contribution < 1.29 is 4.74 Å². The Hall–Kier alpha value is -2.51. The Morgan fingerprint density at radius 2 is 1.78 bits per heavy atom. The maximum Gasteiger partial charge on any atom is 0.250 e. The fourth-order valence-corrected chi connectivity index (χ4v) is 3.42. The van der Waals surface area contributed by atoms with Crippen molar-refractivity contribution in [1.29, 1.82) is 0 Å². The van der Waals surface area contributed by atoms with Crippen LogP contribution in [0.5, 0.6) is 0 Å². The van der Waals surface area contributed by atoms with Crippen molar-refractivity contribution in [3.8, 4) is 11.1 Å². The molecule has 1 fully saturated rings. The zero-order chi connectivity index (χ0) is 18.8. The maximum absolute atomic E-state index is 12.1. The van der Waals surface area contributed by atoms with Gasteiger partial charge in [0.25, 0.3) is 0 Å². The molecule has 2 heterocycles. The number of pyridine rings is 1. The highest BCUT2D eigenvalue weighted by atomic mass is 79.9. The number of rotatable bonds is 5. The van der Waals surface area contributed by atoms with Gasteiger partial charge in [0.2, 0.25) is 10.9 Å². The number of morpholine rings is 1. The molecule has 138 valence electrons. The van der Waals surface area contributed by atoms with E-state index in [2.05, 4.69) is 31.1 Å². The van der Waals surface area contributed by atoms with Crippen LogP contribution in [0.1, 0.15) is 5.69 Å². The van der Waals surface area contributed by atoms with Gasteiger partial charge < -0.3 is 15.0 Å². The Bertz CT molecular complexity index is 1000. The van der Waals surface area contributed by atoms with E-state index in [0.29, 0.717) is 17.8 Å². The third-order valence-corrected chi connectivity index (χ3v) is 5.15. The normalized spacial score (nSPS) is 14.5. The average molecular weight is 428 g/mol. The number of hydrogen-bond acceptors (Lipinski definition) is 6. The fraction of sp³-hybridized carbons (Fsp3) is 0.250. The first-order chi connectivity index (χ1) is 13.1. The number of anilines is 2. The number of ether oxygens (including phenoxy) is 1. The summed E-state index contributed by atoms with van der Waals surface area (Å²) in [6, 6.07) is 11.5. The van der Waals surface area contributed by atoms with Crippen LogP contribution in [-0.2, 0) is 11.3 Å². The Balaban J connectivity index is 1.52. The van der Waals surface area contributed by atoms with E-state index in [-0.39, 0.29) is 0 Å². The van der Waals surface area contributed by atoms with E-state index in [4.69, 9.17) is 4.74 Å². The van der Waals surface area contributed by atoms with E-state index in [1.807, 2.05) is 36.4 Å². The number of benzene rings is 1. The van der Waals surface area contributed by atoms with E-state index >= 15 is 0 Å². The second-order valence-corrected chi connectivity index (χ2v) is 7.29. The molecule has 1 aromatic heterocycles. The van der Waals surface area contributed by atoms with Crippen LogP contribution in [0.2, 0.25) is 0 Å². The second-order valence-electron chi connectivity index (χ2n) is 6.38. The molecule has 0 bridgehead atoms. The molecule has 2 aromatic carbocycles. The van der Waals surface area contributed by atoms with Crippen LogP contribution in [0, 0.1) is 0 Å². The van der Waals surface area contributed by atoms with Gasteiger partial charge in [-0.2, -0.15) is 0 Å². The molecule has 0 spiro atoms. The molecule has 27 heavy (non-hydrogen) atoms. The van der Waals surface area contributed by atoms with Gasteiger partial charge in [0.1, 0.15) is 0 Å². The van der Waals surface area contributed by atoms with Crippen molar-refractivity contribution in [1.82, 2.24) is 4.98 Å². The summed E-state index contributed by atoms with van der Waals surface area (Å²) in [5, 5.41) is 3.07. The summed E-state index contributed by atoms with van der Waals surface area (Å²) in [4.78, 5) is 30.6. The number of halogens is 1. The van der Waals surface area contributed by atoms with Crippen LogP contribution in [0.3, 0.4) is 0 Å². The second kappa shape index (κ2) is 7.62. The molecule has 4 rings (SSSR count). The first-order valence-electron chi connectivity index (χ1n) is 8.74. The molecule has 0 atom stereocenters. The van der Waals surface area contributed by atoms with Gasteiger partial charge in [0.15, 0.2) is 0 Å². The summed E-state index contributed by atoms with van der Waals surface area (Å²) in [5.41, 5.74) is 2.53. The summed E-state index contributed by atoms with van der Waals surface area (Å²) in [6.07, 6.45) is 1.70. The minimum Gasteiger partial charge on any atom is -0.378 e. The van der Waals surface area contributed by atoms with Gasteiger partial charge in [0, 0.05) is 29.4 Å². The van der Waals surface area contributed by atoms with Crippen molar-refractivity contribution in [2.24, 2.45) is 0 Å². The van der Waals surface area contributed by atoms with Crippen LogP contribution in [0.4, 0.5) is 11.4 Å². The van der Waals surface area contributed by atoms with Crippen molar-refractivity contribution in [3.63, 3.8) is 0 Å². The predicted molar refractivity (Wildman–Crippen MR) is 109 cm³/mol. The van der Waals surface area contributed by atoms with Crippen molar-refractivity contribution in [2.45, 2.75) is 6.54 Å². The zero-order valence-electron chi connectivity index (χ0n) is 14.6. The minimum absolute atomic E-state index is 0.365. The average Bonchev–Trinajstić information content (AvgIpc) is 2.72. The molecule has 3 aromatic rings. The van der Waals surface area contributed by atoms with Crippen molar-refractivity contribution >= 4 is 27.3 Å². The van der Waals surface area contributed by atoms with E-state index in [0.717, 1.165) is 47.7 Å². The largest absolute Gasteiger partial charge is 0.378 e. The molecule has 6 nitrogen and oxygen atoms in total. The zero-order valence-corrected chi connectivity index (χ0v) is 16.2. The molecular formula is C20H18BrN3O3. The molecule has 1 N–H and O–H groups in total. The highest BCUT2D eigenvalue weighted by Gasteiger charge is 2.22. The summed E-state index contributed by atoms with van der Waals surface area (Å²) in [6.45, 7) is 3.53. The molecule has 1 aliphatic heterocycles. The van der Waals surface area contributed by atoms with E-state index < -0.39 is 10.9 Å². The standard InChI is InChI=1S/C20H18BrN3O3/c21-14-3-4-15(22-11-14)12-23-18-17(19(25)20(18)26)13-1-5-16(6-2-13)24-7-9-27-10-8-24/h1-6,11,23H,7-10,12H2. The lowest BCUT2D eigenvalue weighted by Crippen LogP contribution is -2.36. The topological polar surface area (TPSA) is 71.5 Å². The van der Waals surface area contributed by atoms with Gasteiger partial charge in [-0.25, -0.2) is 0 Å². The SMILES string of the molecule is O=c1c(NCc2ccc(Br)cn2)c(-c2ccc(N3CCOCC3)cc2)c1=O. The van der Waals surface area contributed by atoms with Crippen LogP contribution in [0.25, 0.3) is 11.1 Å². The van der Waals surface area contributed by atoms with Gasteiger partial charge in [-0.3, -0.25) is 14.6 Å². The lowest BCUT2D eigenvalue weighted by atomic mass is 9.98. The molecule has 7 heteroatoms. The van der Waals surface area contributed by atoms with Gasteiger partial charge in [-0.1, -0.05) is 12.1 Å². The molecule has 0 unspecified atom stereocenters. The molecule has 1 aliphatic rings. The Morgan fingerprint density at radius 1 is 1.04 bits per heavy atom. The van der Waals surface area contributed by atoms with Crippen LogP contribution in [0.15, 0.2) is 56.7 Å². The van der Waals surface area contributed by atoms with E-state index in [9.17, 15) is 9.59 Å². The van der Waals surface area contributed by atoms with Gasteiger partial charge in [-0.05, 0) is 45.8 Å². The monoisotopic (exact) mass is 427 g/mol. The molecule has 0 amide bonds. The summed E-state index contributed by atoms with van der Waals surface area (Å²) >= 11 is 3.34. The number of nitrogens with zero attached hydrogens (tertiary/aromatic N) is 2. The van der Waals surface area contributed by atoms with E-state index in [1.54, 1.807) is 6.20 Å². The molecular weight excluding hydrogens is 410 g/mol. The number of hydrogen-bond donors (Lipinski definition) is 1. The Kier molecular flexibility index (Phi) is 5.05. The highest BCUT2D eigenvalue weighted by Crippen LogP contribution is 2.27. The third kappa shape index (κ3) is 3.65. The summed E-state index contributed by atoms with van der Waals surface area (Å²) in [5.74, 6) is 0. The maximum atomic E-state index is 12.1. The highest BCUT2D eigenvalue weighted by molar-refractivity contribution is 9.10. The lowest BCUT2D eigenvalue weighted by Gasteiger charge is -2.29. The molecule has 0 radical (unpaired) electrons.